The lowest BCUT2D eigenvalue weighted by atomic mass is 10.4. The summed E-state index contributed by atoms with van der Waals surface area (Å²) in [4.78, 5) is 0. The average molecular weight is 196 g/mol. The molecule has 11 heavy (non-hydrogen) atoms. The molecule has 0 N–H and O–H groups in total. The van der Waals surface area contributed by atoms with Crippen molar-refractivity contribution in [1.82, 2.24) is 0 Å². The second kappa shape index (κ2) is 22.4. The molecule has 0 atom stereocenters. The van der Waals surface area contributed by atoms with Gasteiger partial charge in [0, 0.05) is 20.2 Å². The van der Waals surface area contributed by atoms with E-state index in [0.717, 1.165) is 24.6 Å². The van der Waals surface area contributed by atoms with Crippen LogP contribution in [0.1, 0.15) is 39.5 Å². The summed E-state index contributed by atoms with van der Waals surface area (Å²) in [7, 11) is 0. The third-order valence-corrected chi connectivity index (χ3v) is 1.51. The van der Waals surface area contributed by atoms with Crippen molar-refractivity contribution in [3.8, 4) is 0 Å². The van der Waals surface area contributed by atoms with Crippen LogP contribution in [-0.4, -0.2) is 20.2 Å². The molecular weight excluding hydrogens is 178 g/mol. The Morgan fingerprint density at radius 2 is 1.09 bits per heavy atom. The summed E-state index contributed by atoms with van der Waals surface area (Å²) in [6.07, 6.45) is 4.73. The molecule has 0 amide bonds. The van der Waals surface area contributed by atoms with Crippen LogP contribution in [0.4, 0.5) is 0 Å². The summed E-state index contributed by atoms with van der Waals surface area (Å²) in [6, 6.07) is 0. The molecule has 0 rings (SSSR count). The van der Waals surface area contributed by atoms with Crippen molar-refractivity contribution in [2.75, 3.05) is 11.8 Å². The third-order valence-electron chi connectivity index (χ3n) is 0.974. The fraction of sp³-hybridized carbons (Fsp3) is 1.00. The fourth-order valence-corrected chi connectivity index (χ4v) is 0.802. The van der Waals surface area contributed by atoms with Crippen LogP contribution in [0.2, 0.25) is 0 Å². The van der Waals surface area contributed by atoms with Crippen LogP contribution in [-0.2, 0) is 0 Å². The number of unbranched alkanes of at least 4 members (excludes halogenated alkanes) is 2. The molecule has 0 spiro atoms. The molecule has 3 heteroatoms. The minimum absolute atomic E-state index is 0. The Kier molecular flexibility index (Phi) is 36.0. The molecule has 0 unspecified atom stereocenters. The second-order valence-electron chi connectivity index (χ2n) is 2.09. The Balaban J connectivity index is -0.000000107. The normalized spacial score (nSPS) is 7.64. The van der Waals surface area contributed by atoms with E-state index in [0.29, 0.717) is 0 Å². The lowest BCUT2D eigenvalue weighted by Crippen LogP contribution is -1.65. The first-order valence-electron chi connectivity index (χ1n) is 3.95. The van der Waals surface area contributed by atoms with Gasteiger partial charge < -0.3 is 0 Å². The van der Waals surface area contributed by atoms with E-state index < -0.39 is 0 Å². The number of halogens is 2. The molecule has 0 saturated carbocycles. The molecular formula is C8H18BCl2. The van der Waals surface area contributed by atoms with E-state index in [4.69, 9.17) is 23.2 Å². The van der Waals surface area contributed by atoms with E-state index in [9.17, 15) is 0 Å². The number of hydrogen-bond acceptors (Lipinski definition) is 0. The quantitative estimate of drug-likeness (QED) is 0.475. The summed E-state index contributed by atoms with van der Waals surface area (Å²) in [5.74, 6) is 1.63. The molecule has 0 saturated heterocycles. The molecule has 0 aliphatic carbocycles. The van der Waals surface area contributed by atoms with Gasteiger partial charge >= 0.3 is 0 Å². The maximum Gasteiger partial charge on any atom is 0.0223 e. The van der Waals surface area contributed by atoms with Gasteiger partial charge in [-0.15, -0.1) is 23.2 Å². The van der Waals surface area contributed by atoms with E-state index in [2.05, 4.69) is 13.8 Å². The van der Waals surface area contributed by atoms with Gasteiger partial charge in [0.1, 0.15) is 0 Å². The van der Waals surface area contributed by atoms with Gasteiger partial charge in [-0.25, -0.2) is 0 Å². The van der Waals surface area contributed by atoms with Gasteiger partial charge in [-0.1, -0.05) is 26.7 Å². The highest BCUT2D eigenvalue weighted by atomic mass is 35.5. The van der Waals surface area contributed by atoms with Crippen molar-refractivity contribution < 1.29 is 0 Å². The van der Waals surface area contributed by atoms with Crippen molar-refractivity contribution in [2.45, 2.75) is 39.5 Å². The molecule has 3 radical (unpaired) electrons. The topological polar surface area (TPSA) is 0 Å². The van der Waals surface area contributed by atoms with Crippen LogP contribution in [0.5, 0.6) is 0 Å². The highest BCUT2D eigenvalue weighted by Gasteiger charge is 1.70. The maximum atomic E-state index is 5.30. The Morgan fingerprint density at radius 3 is 1.09 bits per heavy atom. The Morgan fingerprint density at radius 1 is 0.818 bits per heavy atom. The summed E-state index contributed by atoms with van der Waals surface area (Å²) >= 11 is 10.6. The van der Waals surface area contributed by atoms with Gasteiger partial charge in [-0.2, -0.15) is 0 Å². The molecule has 0 heterocycles. The first-order valence-corrected chi connectivity index (χ1v) is 5.02. The van der Waals surface area contributed by atoms with Crippen LogP contribution >= 0.6 is 23.2 Å². The van der Waals surface area contributed by atoms with Crippen molar-refractivity contribution in [1.29, 1.82) is 0 Å². The number of rotatable bonds is 4. The van der Waals surface area contributed by atoms with E-state index in [1.54, 1.807) is 0 Å². The third kappa shape index (κ3) is 36.9. The first kappa shape index (κ1) is 17.7. The van der Waals surface area contributed by atoms with Crippen molar-refractivity contribution in [3.63, 3.8) is 0 Å². The monoisotopic (exact) mass is 195 g/mol. The average Bonchev–Trinajstić information content (AvgIpc) is 1.93. The second-order valence-corrected chi connectivity index (χ2v) is 2.84. The van der Waals surface area contributed by atoms with Gasteiger partial charge in [0.15, 0.2) is 0 Å². The van der Waals surface area contributed by atoms with Crippen LogP contribution in [0, 0.1) is 0 Å². The van der Waals surface area contributed by atoms with E-state index in [1.807, 2.05) is 0 Å². The minimum atomic E-state index is 0. The first-order chi connectivity index (χ1) is 4.83. The van der Waals surface area contributed by atoms with Crippen LogP contribution < -0.4 is 0 Å². The van der Waals surface area contributed by atoms with Crippen LogP contribution in [0.25, 0.3) is 0 Å². The van der Waals surface area contributed by atoms with Crippen molar-refractivity contribution >= 4 is 31.6 Å². The molecule has 0 nitrogen and oxygen atoms in total. The molecule has 0 aromatic heterocycles. The summed E-state index contributed by atoms with van der Waals surface area (Å²) in [5.41, 5.74) is 0. The van der Waals surface area contributed by atoms with Gasteiger partial charge in [0.25, 0.3) is 0 Å². The lowest BCUT2D eigenvalue weighted by Gasteiger charge is -1.77. The van der Waals surface area contributed by atoms with Gasteiger partial charge in [-0.05, 0) is 12.8 Å². The Hall–Kier alpha value is 0.645. The minimum Gasteiger partial charge on any atom is -0.127 e. The molecule has 0 aliphatic rings. The number of hydrogen-bond donors (Lipinski definition) is 0. The molecule has 0 aliphatic heterocycles. The zero-order chi connectivity index (χ0) is 8.24. The number of alkyl halides is 2. The lowest BCUT2D eigenvalue weighted by molar-refractivity contribution is 0.892. The van der Waals surface area contributed by atoms with Gasteiger partial charge in [-0.3, -0.25) is 0 Å². The molecule has 67 valence electrons. The smallest absolute Gasteiger partial charge is 0.0223 e. The summed E-state index contributed by atoms with van der Waals surface area (Å²) in [6.45, 7) is 4.25. The van der Waals surface area contributed by atoms with Gasteiger partial charge in [0.05, 0.1) is 0 Å². The zero-order valence-corrected chi connectivity index (χ0v) is 9.09. The molecule has 0 aromatic carbocycles. The predicted octanol–water partition coefficient (Wildman–Crippen LogP) is 3.67. The predicted molar refractivity (Wildman–Crippen MR) is 57.0 cm³/mol. The molecule has 0 bridgehead atoms. The van der Waals surface area contributed by atoms with Crippen LogP contribution in [0.3, 0.4) is 0 Å². The standard InChI is InChI=1S/2C4H9Cl.B/c2*1-2-3-4-5;/h2*2-4H2,1H3;. The highest BCUT2D eigenvalue weighted by Crippen LogP contribution is 1.86. The molecule has 0 fully saturated rings. The van der Waals surface area contributed by atoms with Gasteiger partial charge in [0.2, 0.25) is 0 Å². The van der Waals surface area contributed by atoms with E-state index in [-0.39, 0.29) is 8.41 Å². The van der Waals surface area contributed by atoms with E-state index >= 15 is 0 Å². The van der Waals surface area contributed by atoms with Crippen molar-refractivity contribution in [2.24, 2.45) is 0 Å². The van der Waals surface area contributed by atoms with Crippen LogP contribution in [0.15, 0.2) is 0 Å². The molecule has 0 aromatic rings. The fourth-order valence-electron chi connectivity index (χ4n) is 0.267. The Bertz CT molecular complexity index is 33.1. The highest BCUT2D eigenvalue weighted by molar-refractivity contribution is 6.18. The van der Waals surface area contributed by atoms with Crippen molar-refractivity contribution in [3.05, 3.63) is 0 Å². The SMILES string of the molecule is CCCCCl.CCCCCl.[B]. The summed E-state index contributed by atoms with van der Waals surface area (Å²) in [5, 5.41) is 0. The van der Waals surface area contributed by atoms with E-state index in [1.165, 1.54) is 12.8 Å². The maximum absolute atomic E-state index is 5.30. The largest absolute Gasteiger partial charge is 0.127 e. The summed E-state index contributed by atoms with van der Waals surface area (Å²) < 4.78 is 0. The Labute approximate surface area is 83.2 Å². The zero-order valence-electron chi connectivity index (χ0n) is 7.58.